The van der Waals surface area contributed by atoms with Crippen molar-refractivity contribution < 1.29 is 23.9 Å². The zero-order valence-corrected chi connectivity index (χ0v) is 21.3. The number of hydrogen-bond donors (Lipinski definition) is 2. The van der Waals surface area contributed by atoms with Gasteiger partial charge in [0, 0.05) is 6.08 Å². The summed E-state index contributed by atoms with van der Waals surface area (Å²) in [6.07, 6.45) is 2.55. The van der Waals surface area contributed by atoms with Crippen LogP contribution in [-0.2, 0) is 13.6 Å². The third kappa shape index (κ3) is 5.17. The van der Waals surface area contributed by atoms with Crippen molar-refractivity contribution in [2.45, 2.75) is 95.5 Å². The first-order valence-corrected chi connectivity index (χ1v) is 18.9. The highest BCUT2D eigenvalue weighted by Gasteiger charge is 2.67. The second-order valence-corrected chi connectivity index (χ2v) is 21.1. The molecule has 0 aliphatic carbocycles. The number of carbonyl (C=O) groups excluding carboxylic acids is 1. The van der Waals surface area contributed by atoms with Crippen LogP contribution in [0.3, 0.4) is 0 Å². The van der Waals surface area contributed by atoms with Crippen molar-refractivity contribution in [1.29, 1.82) is 0 Å². The summed E-state index contributed by atoms with van der Waals surface area (Å²) >= 11 is 0. The lowest BCUT2D eigenvalue weighted by Crippen LogP contribution is -2.77. The fourth-order valence-corrected chi connectivity index (χ4v) is 14.0. The monoisotopic (exact) mass is 420 g/mol. The summed E-state index contributed by atoms with van der Waals surface area (Å²) in [6, 6.07) is 0. The minimum absolute atomic E-state index is 0.280. The highest BCUT2D eigenvalue weighted by Crippen LogP contribution is 2.46. The third-order valence-electron chi connectivity index (χ3n) is 5.06. The van der Waals surface area contributed by atoms with Crippen LogP contribution in [0.15, 0.2) is 12.7 Å². The first-order chi connectivity index (χ1) is 11.6. The average Bonchev–Trinajstić information content (AvgIpc) is 2.50. The molecule has 0 aliphatic rings. The second-order valence-electron chi connectivity index (χ2n) is 8.93. The predicted molar refractivity (Wildman–Crippen MR) is 116 cm³/mol. The minimum Gasteiger partial charge on any atom is -0.456 e. The van der Waals surface area contributed by atoms with Gasteiger partial charge in [-0.05, 0) is 39.0 Å². The number of rotatable bonds is 11. The van der Waals surface area contributed by atoms with E-state index in [0.717, 1.165) is 6.08 Å². The van der Waals surface area contributed by atoms with E-state index in [1.807, 2.05) is 46.6 Å². The lowest BCUT2D eigenvalue weighted by molar-refractivity contribution is -0.192. The molecule has 0 saturated heterocycles. The fourth-order valence-electron chi connectivity index (χ4n) is 3.97. The Hall–Kier alpha value is -0.259. The zero-order chi connectivity index (χ0) is 21.0. The SMILES string of the molecule is C=CC(=O)OC(CCC)(C(O)(CC)C(O)[Si](C)(C)C)[Si](C)(C)O[SiH](C)C. The Morgan fingerprint density at radius 1 is 1.23 bits per heavy atom. The lowest BCUT2D eigenvalue weighted by atomic mass is 9.89. The van der Waals surface area contributed by atoms with Gasteiger partial charge in [0.05, 0.1) is 13.8 Å². The van der Waals surface area contributed by atoms with Crippen LogP contribution in [0.1, 0.15) is 33.1 Å². The Balaban J connectivity index is 6.74. The van der Waals surface area contributed by atoms with E-state index in [2.05, 4.69) is 19.7 Å². The quantitative estimate of drug-likeness (QED) is 0.304. The van der Waals surface area contributed by atoms with Crippen molar-refractivity contribution in [1.82, 2.24) is 0 Å². The molecule has 0 aromatic rings. The zero-order valence-electron chi connectivity index (χ0n) is 18.2. The fraction of sp³-hybridized carbons (Fsp3) is 0.833. The first kappa shape index (κ1) is 25.7. The van der Waals surface area contributed by atoms with E-state index in [-0.39, 0.29) is 6.42 Å². The second kappa shape index (κ2) is 9.29. The van der Waals surface area contributed by atoms with Gasteiger partial charge in [0.15, 0.2) is 14.3 Å². The van der Waals surface area contributed by atoms with E-state index in [0.29, 0.717) is 12.8 Å². The molecular formula is C18H40O5Si3. The maximum absolute atomic E-state index is 12.3. The molecule has 0 bridgehead atoms. The lowest BCUT2D eigenvalue weighted by Gasteiger charge is -2.56. The van der Waals surface area contributed by atoms with Crippen molar-refractivity contribution in [3.05, 3.63) is 12.7 Å². The standard InChI is InChI=1S/C18H40O5Si3/c1-11-14-18(22-15(19)12-2,26(9,10)23-24(4)5)17(21,13-3)16(20)25(6,7)8/h12,16,20-21,24H,2,11,13-14H2,1,3-10H3. The van der Waals surface area contributed by atoms with Gasteiger partial charge in [-0.1, -0.05) is 46.5 Å². The molecule has 0 rings (SSSR count). The van der Waals surface area contributed by atoms with Crippen molar-refractivity contribution >= 4 is 31.4 Å². The summed E-state index contributed by atoms with van der Waals surface area (Å²) in [7, 11) is -6.40. The Labute approximate surface area is 163 Å². The van der Waals surface area contributed by atoms with E-state index in [4.69, 9.17) is 8.85 Å². The molecule has 8 heteroatoms. The Bertz CT molecular complexity index is 490. The minimum atomic E-state index is -2.76. The number of ether oxygens (including phenoxy) is 1. The summed E-state index contributed by atoms with van der Waals surface area (Å²) in [6.45, 7) is 21.5. The molecule has 0 spiro atoms. The molecule has 3 atom stereocenters. The molecule has 0 saturated carbocycles. The van der Waals surface area contributed by atoms with Gasteiger partial charge < -0.3 is 19.1 Å². The summed E-state index contributed by atoms with van der Waals surface area (Å²) in [5, 5.41) is 21.9. The molecule has 0 aliphatic heterocycles. The normalized spacial score (nSPS) is 18.8. The summed E-state index contributed by atoms with van der Waals surface area (Å²) in [5.74, 6) is -0.581. The van der Waals surface area contributed by atoms with Crippen LogP contribution in [0.5, 0.6) is 0 Å². The van der Waals surface area contributed by atoms with Crippen molar-refractivity contribution in [2.75, 3.05) is 0 Å². The smallest absolute Gasteiger partial charge is 0.330 e. The molecular weight excluding hydrogens is 380 g/mol. The van der Waals surface area contributed by atoms with Crippen LogP contribution < -0.4 is 0 Å². The van der Waals surface area contributed by atoms with Gasteiger partial charge in [-0.2, -0.15) is 0 Å². The maximum Gasteiger partial charge on any atom is 0.330 e. The summed E-state index contributed by atoms with van der Waals surface area (Å²) < 4.78 is 12.4. The van der Waals surface area contributed by atoms with Crippen LogP contribution in [0.4, 0.5) is 0 Å². The molecule has 26 heavy (non-hydrogen) atoms. The average molecular weight is 421 g/mol. The molecule has 0 fully saturated rings. The van der Waals surface area contributed by atoms with E-state index < -0.39 is 48.0 Å². The number of aliphatic hydroxyl groups is 2. The van der Waals surface area contributed by atoms with Crippen LogP contribution in [0, 0.1) is 0 Å². The number of hydrogen-bond acceptors (Lipinski definition) is 5. The van der Waals surface area contributed by atoms with E-state index in [1.54, 1.807) is 0 Å². The van der Waals surface area contributed by atoms with Gasteiger partial charge in [0.1, 0.15) is 5.60 Å². The van der Waals surface area contributed by atoms with Crippen molar-refractivity contribution in [3.8, 4) is 0 Å². The highest BCUT2D eigenvalue weighted by molar-refractivity contribution is 6.81. The first-order valence-electron chi connectivity index (χ1n) is 9.58. The van der Waals surface area contributed by atoms with Crippen LogP contribution in [0.2, 0.25) is 45.8 Å². The Morgan fingerprint density at radius 3 is 2.04 bits per heavy atom. The van der Waals surface area contributed by atoms with Crippen molar-refractivity contribution in [2.24, 2.45) is 0 Å². The Morgan fingerprint density at radius 2 is 1.73 bits per heavy atom. The molecule has 0 aromatic carbocycles. The van der Waals surface area contributed by atoms with Crippen LogP contribution in [-0.4, -0.2) is 58.2 Å². The van der Waals surface area contributed by atoms with E-state index in [9.17, 15) is 15.0 Å². The molecule has 3 unspecified atom stereocenters. The van der Waals surface area contributed by atoms with Gasteiger partial charge in [0.2, 0.25) is 8.32 Å². The third-order valence-corrected chi connectivity index (χ3v) is 14.1. The van der Waals surface area contributed by atoms with E-state index >= 15 is 0 Å². The molecule has 0 amide bonds. The van der Waals surface area contributed by atoms with E-state index in [1.165, 1.54) is 0 Å². The van der Waals surface area contributed by atoms with Gasteiger partial charge in [-0.3, -0.25) is 0 Å². The molecule has 0 aromatic heterocycles. The number of carbonyl (C=O) groups is 1. The van der Waals surface area contributed by atoms with Crippen LogP contribution >= 0.6 is 0 Å². The predicted octanol–water partition coefficient (Wildman–Crippen LogP) is 3.38. The number of esters is 1. The molecule has 0 heterocycles. The molecule has 154 valence electrons. The Kier molecular flexibility index (Phi) is 9.20. The summed E-state index contributed by atoms with van der Waals surface area (Å²) in [4.78, 5) is 12.3. The largest absolute Gasteiger partial charge is 0.456 e. The topological polar surface area (TPSA) is 76.0 Å². The van der Waals surface area contributed by atoms with Gasteiger partial charge >= 0.3 is 5.97 Å². The highest BCUT2D eigenvalue weighted by atomic mass is 28.4. The maximum atomic E-state index is 12.3. The summed E-state index contributed by atoms with van der Waals surface area (Å²) in [5.41, 5.74) is -2.51. The molecule has 5 nitrogen and oxygen atoms in total. The van der Waals surface area contributed by atoms with Gasteiger partial charge in [0.25, 0.3) is 0 Å². The number of aliphatic hydroxyl groups excluding tert-OH is 1. The molecule has 2 N–H and O–H groups in total. The van der Waals surface area contributed by atoms with Gasteiger partial charge in [-0.15, -0.1) is 0 Å². The molecule has 0 radical (unpaired) electrons. The van der Waals surface area contributed by atoms with Gasteiger partial charge in [-0.25, -0.2) is 4.79 Å². The van der Waals surface area contributed by atoms with Crippen molar-refractivity contribution in [3.63, 3.8) is 0 Å². The van der Waals surface area contributed by atoms with Crippen LogP contribution in [0.25, 0.3) is 0 Å².